The molecular weight excluding hydrogens is 629 g/mol. The largest absolute Gasteiger partial charge is 0.494 e. The zero-order chi connectivity index (χ0) is 30.1. The number of fused-ring (bicyclic) bond motifs is 1. The Balaban J connectivity index is 1.38. The van der Waals surface area contributed by atoms with Crippen LogP contribution in [0, 0.1) is 0 Å². The van der Waals surface area contributed by atoms with Gasteiger partial charge in [0.1, 0.15) is 18.7 Å². The van der Waals surface area contributed by atoms with E-state index in [4.69, 9.17) is 14.5 Å². The summed E-state index contributed by atoms with van der Waals surface area (Å²) < 4.78 is 27.6. The molecule has 0 amide bonds. The molecule has 0 bridgehead atoms. The molecular formula is C31H33BrN7O3P. The van der Waals surface area contributed by atoms with E-state index < -0.39 is 7.14 Å². The number of morpholine rings is 1. The molecule has 1 saturated heterocycles. The summed E-state index contributed by atoms with van der Waals surface area (Å²) in [6, 6.07) is 13.9. The zero-order valence-electron chi connectivity index (χ0n) is 24.5. The number of pyridine rings is 1. The lowest BCUT2D eigenvalue weighted by Gasteiger charge is -2.31. The maximum atomic E-state index is 13.4. The molecule has 6 rings (SSSR count). The molecule has 12 heteroatoms. The van der Waals surface area contributed by atoms with Crippen LogP contribution in [0.15, 0.2) is 71.7 Å². The number of hydrogen-bond acceptors (Lipinski definition) is 9. The van der Waals surface area contributed by atoms with E-state index in [2.05, 4.69) is 65.8 Å². The smallest absolute Gasteiger partial charge is 0.229 e. The molecule has 43 heavy (non-hydrogen) atoms. The van der Waals surface area contributed by atoms with Crippen molar-refractivity contribution >= 4 is 68.1 Å². The third-order valence-corrected chi connectivity index (χ3v) is 9.48. The van der Waals surface area contributed by atoms with Crippen LogP contribution in [-0.4, -0.2) is 66.3 Å². The van der Waals surface area contributed by atoms with Gasteiger partial charge in [0.2, 0.25) is 5.95 Å². The highest BCUT2D eigenvalue weighted by molar-refractivity contribution is 9.10. The van der Waals surface area contributed by atoms with Crippen LogP contribution in [0.3, 0.4) is 0 Å². The van der Waals surface area contributed by atoms with Gasteiger partial charge in [0.25, 0.3) is 0 Å². The maximum absolute atomic E-state index is 13.4. The lowest BCUT2D eigenvalue weighted by molar-refractivity contribution is 0.122. The summed E-state index contributed by atoms with van der Waals surface area (Å²) in [4.78, 5) is 16.2. The number of para-hydroxylation sites is 1. The Morgan fingerprint density at radius 1 is 1.02 bits per heavy atom. The Bertz CT molecular complexity index is 1850. The highest BCUT2D eigenvalue weighted by atomic mass is 79.9. The standard InChI is InChI=1S/C31H33BrN7O3P/c1-38-10-9-20(19-38)22-15-25(28(41-2)16-27(22)39-11-13-42-14-12-39)36-31-34-17-23(32)30(37-31)35-26-18-33-24-8-6-5-7-21(24)29(26)43(3,4)40/h5-10,15-19H,11-14H2,1-4H3,(H2,34,35,36,37). The first-order chi connectivity index (χ1) is 20.7. The average Bonchev–Trinajstić information content (AvgIpc) is 3.44. The third-order valence-electron chi connectivity index (χ3n) is 7.34. The summed E-state index contributed by atoms with van der Waals surface area (Å²) in [7, 11) is 0.980. The molecule has 0 unspecified atom stereocenters. The van der Waals surface area contributed by atoms with Crippen LogP contribution < -0.4 is 25.6 Å². The SMILES string of the molecule is COc1cc(N2CCOCC2)c(-c2ccn(C)c2)cc1Nc1ncc(Br)c(Nc2cnc3ccccc3c2P(C)(C)=O)n1. The van der Waals surface area contributed by atoms with E-state index in [9.17, 15) is 4.57 Å². The Morgan fingerprint density at radius 2 is 1.81 bits per heavy atom. The average molecular weight is 663 g/mol. The minimum atomic E-state index is -2.69. The van der Waals surface area contributed by atoms with Gasteiger partial charge in [0.15, 0.2) is 0 Å². The molecule has 10 nitrogen and oxygen atoms in total. The number of anilines is 5. The number of ether oxygens (including phenoxy) is 2. The van der Waals surface area contributed by atoms with Crippen LogP contribution >= 0.6 is 23.1 Å². The molecule has 3 aromatic heterocycles. The second-order valence-corrected chi connectivity index (χ2v) is 14.8. The van der Waals surface area contributed by atoms with E-state index in [1.807, 2.05) is 42.1 Å². The molecule has 222 valence electrons. The summed E-state index contributed by atoms with van der Waals surface area (Å²) in [5, 5.41) is 8.31. The van der Waals surface area contributed by atoms with Crippen LogP contribution in [0.4, 0.5) is 28.8 Å². The molecule has 0 saturated carbocycles. The lowest BCUT2D eigenvalue weighted by atomic mass is 10.0. The summed E-state index contributed by atoms with van der Waals surface area (Å²) in [6.45, 7) is 6.49. The molecule has 5 aromatic rings. The lowest BCUT2D eigenvalue weighted by Crippen LogP contribution is -2.36. The minimum absolute atomic E-state index is 0.369. The number of aryl methyl sites for hydroxylation is 1. The number of nitrogens with zero attached hydrogens (tertiary/aromatic N) is 5. The van der Waals surface area contributed by atoms with E-state index >= 15 is 0 Å². The highest BCUT2D eigenvalue weighted by Crippen LogP contribution is 2.43. The number of halogens is 1. The fourth-order valence-electron chi connectivity index (χ4n) is 5.36. The van der Waals surface area contributed by atoms with Crippen molar-refractivity contribution in [3.8, 4) is 16.9 Å². The summed E-state index contributed by atoms with van der Waals surface area (Å²) >= 11 is 3.58. The first-order valence-electron chi connectivity index (χ1n) is 13.9. The van der Waals surface area contributed by atoms with Gasteiger partial charge in [-0.05, 0) is 47.5 Å². The van der Waals surface area contributed by atoms with Crippen molar-refractivity contribution in [2.75, 3.05) is 62.3 Å². The number of aromatic nitrogens is 4. The monoisotopic (exact) mass is 661 g/mol. The quantitative estimate of drug-likeness (QED) is 0.183. The number of hydrogen-bond donors (Lipinski definition) is 2. The molecule has 2 N–H and O–H groups in total. The maximum Gasteiger partial charge on any atom is 0.229 e. The molecule has 0 spiro atoms. The van der Waals surface area contributed by atoms with Crippen molar-refractivity contribution in [3.05, 3.63) is 71.7 Å². The predicted molar refractivity (Wildman–Crippen MR) is 178 cm³/mol. The number of methoxy groups -OCH3 is 1. The predicted octanol–water partition coefficient (Wildman–Crippen LogP) is 6.37. The molecule has 1 fully saturated rings. The zero-order valence-corrected chi connectivity index (χ0v) is 26.9. The normalized spacial score (nSPS) is 13.7. The van der Waals surface area contributed by atoms with E-state index in [0.29, 0.717) is 40.9 Å². The molecule has 4 heterocycles. The summed E-state index contributed by atoms with van der Waals surface area (Å²) in [6.07, 6.45) is 7.52. The van der Waals surface area contributed by atoms with Crippen molar-refractivity contribution in [3.63, 3.8) is 0 Å². The number of nitrogens with one attached hydrogen (secondary N) is 2. The van der Waals surface area contributed by atoms with Gasteiger partial charge < -0.3 is 34.1 Å². The molecule has 2 aromatic carbocycles. The van der Waals surface area contributed by atoms with Gasteiger partial charge >= 0.3 is 0 Å². The second kappa shape index (κ2) is 12.0. The second-order valence-electron chi connectivity index (χ2n) is 10.8. The first kappa shape index (κ1) is 29.2. The van der Waals surface area contributed by atoms with Crippen molar-refractivity contribution in [1.29, 1.82) is 0 Å². The van der Waals surface area contributed by atoms with Crippen molar-refractivity contribution < 1.29 is 14.0 Å². The van der Waals surface area contributed by atoms with Crippen molar-refractivity contribution in [2.45, 2.75) is 0 Å². The van der Waals surface area contributed by atoms with Crippen LogP contribution in [0.5, 0.6) is 5.75 Å². The van der Waals surface area contributed by atoms with E-state index in [0.717, 1.165) is 51.8 Å². The van der Waals surface area contributed by atoms with Gasteiger partial charge in [0.05, 0.1) is 47.9 Å². The van der Waals surface area contributed by atoms with E-state index in [1.165, 1.54) is 0 Å². The fraction of sp³-hybridized carbons (Fsp3) is 0.258. The van der Waals surface area contributed by atoms with Crippen LogP contribution in [0.2, 0.25) is 0 Å². The van der Waals surface area contributed by atoms with Gasteiger partial charge in [-0.2, -0.15) is 4.98 Å². The topological polar surface area (TPSA) is 106 Å². The third kappa shape index (κ3) is 6.11. The van der Waals surface area contributed by atoms with Gasteiger partial charge in [0, 0.05) is 72.3 Å². The molecule has 1 aliphatic rings. The minimum Gasteiger partial charge on any atom is -0.494 e. The first-order valence-corrected chi connectivity index (χ1v) is 17.3. The highest BCUT2D eigenvalue weighted by Gasteiger charge is 2.23. The Kier molecular flexibility index (Phi) is 8.13. The van der Waals surface area contributed by atoms with Crippen LogP contribution in [-0.2, 0) is 16.3 Å². The summed E-state index contributed by atoms with van der Waals surface area (Å²) in [5.41, 5.74) is 5.39. The Labute approximate surface area is 259 Å². The van der Waals surface area contributed by atoms with E-state index in [-0.39, 0.29) is 0 Å². The Hall–Kier alpha value is -3.92. The van der Waals surface area contributed by atoms with Gasteiger partial charge in [-0.1, -0.05) is 18.2 Å². The summed E-state index contributed by atoms with van der Waals surface area (Å²) in [5.74, 6) is 1.55. The van der Waals surface area contributed by atoms with Crippen molar-refractivity contribution in [2.24, 2.45) is 7.05 Å². The number of rotatable bonds is 8. The van der Waals surface area contributed by atoms with Crippen LogP contribution in [0.1, 0.15) is 0 Å². The Morgan fingerprint density at radius 3 is 2.53 bits per heavy atom. The molecule has 1 aliphatic heterocycles. The van der Waals surface area contributed by atoms with Gasteiger partial charge in [-0.15, -0.1) is 0 Å². The molecule has 0 atom stereocenters. The van der Waals surface area contributed by atoms with Gasteiger partial charge in [-0.25, -0.2) is 4.98 Å². The van der Waals surface area contributed by atoms with Crippen molar-refractivity contribution in [1.82, 2.24) is 19.5 Å². The van der Waals surface area contributed by atoms with Gasteiger partial charge in [-0.3, -0.25) is 4.98 Å². The van der Waals surface area contributed by atoms with E-state index in [1.54, 1.807) is 32.8 Å². The molecule has 0 radical (unpaired) electrons. The fourth-order valence-corrected chi connectivity index (χ4v) is 7.11. The van der Waals surface area contributed by atoms with Crippen LogP contribution in [0.25, 0.3) is 22.0 Å². The number of benzene rings is 2. The molecule has 0 aliphatic carbocycles.